The topological polar surface area (TPSA) is 48.1 Å². The highest BCUT2D eigenvalue weighted by Gasteiger charge is 2.07. The number of nitrogen functional groups attached to an aromatic ring is 1. The van der Waals surface area contributed by atoms with Crippen molar-refractivity contribution in [1.82, 2.24) is 4.98 Å². The van der Waals surface area contributed by atoms with Crippen LogP contribution >= 0.6 is 23.2 Å². The number of halogens is 2. The summed E-state index contributed by atoms with van der Waals surface area (Å²) in [6.07, 6.45) is 0.828. The molecule has 0 fully saturated rings. The fraction of sp³-hybridized carbons (Fsp3) is 0.154. The summed E-state index contributed by atoms with van der Waals surface area (Å²) in [5.41, 5.74) is 7.21. The minimum Gasteiger partial charge on any atom is -0.437 e. The third kappa shape index (κ3) is 2.86. The van der Waals surface area contributed by atoms with Crippen LogP contribution in [0, 0.1) is 0 Å². The van der Waals surface area contributed by atoms with Gasteiger partial charge in [0, 0.05) is 5.02 Å². The van der Waals surface area contributed by atoms with E-state index in [0.29, 0.717) is 22.5 Å². The van der Waals surface area contributed by atoms with Crippen LogP contribution in [0.2, 0.25) is 10.2 Å². The molecule has 2 N–H and O–H groups in total. The molecule has 1 heterocycles. The molecule has 0 saturated carbocycles. The lowest BCUT2D eigenvalue weighted by Crippen LogP contribution is -1.95. The van der Waals surface area contributed by atoms with Crippen molar-refractivity contribution in [1.29, 1.82) is 0 Å². The van der Waals surface area contributed by atoms with Gasteiger partial charge in [-0.1, -0.05) is 30.1 Å². The largest absolute Gasteiger partial charge is 0.437 e. The zero-order chi connectivity index (χ0) is 13.1. The Labute approximate surface area is 115 Å². The van der Waals surface area contributed by atoms with Crippen LogP contribution in [0.25, 0.3) is 0 Å². The van der Waals surface area contributed by atoms with E-state index in [1.165, 1.54) is 0 Å². The van der Waals surface area contributed by atoms with E-state index in [1.54, 1.807) is 24.3 Å². The number of anilines is 1. The normalized spacial score (nSPS) is 10.4. The Bertz CT molecular complexity index is 573. The van der Waals surface area contributed by atoms with Crippen molar-refractivity contribution in [3.05, 3.63) is 46.1 Å². The lowest BCUT2D eigenvalue weighted by molar-refractivity contribution is 0.465. The molecule has 0 spiro atoms. The summed E-state index contributed by atoms with van der Waals surface area (Å²) >= 11 is 11.8. The van der Waals surface area contributed by atoms with E-state index in [9.17, 15) is 0 Å². The molecule has 94 valence electrons. The molecular weight excluding hydrogens is 271 g/mol. The Morgan fingerprint density at radius 2 is 2.00 bits per heavy atom. The van der Waals surface area contributed by atoms with Gasteiger partial charge in [-0.25, -0.2) is 0 Å². The molecule has 1 aromatic carbocycles. The van der Waals surface area contributed by atoms with Gasteiger partial charge in [0.15, 0.2) is 0 Å². The van der Waals surface area contributed by atoms with Crippen LogP contribution in [0.4, 0.5) is 5.69 Å². The first-order valence-electron chi connectivity index (χ1n) is 5.48. The lowest BCUT2D eigenvalue weighted by Gasteiger charge is -2.09. The van der Waals surface area contributed by atoms with Crippen molar-refractivity contribution in [3.8, 4) is 11.6 Å². The Kier molecular flexibility index (Phi) is 3.94. The summed E-state index contributed by atoms with van der Waals surface area (Å²) in [4.78, 5) is 4.03. The Hall–Kier alpha value is -1.45. The third-order valence-electron chi connectivity index (χ3n) is 2.47. The van der Waals surface area contributed by atoms with Crippen LogP contribution < -0.4 is 10.5 Å². The van der Waals surface area contributed by atoms with Crippen LogP contribution in [-0.4, -0.2) is 4.98 Å². The molecule has 18 heavy (non-hydrogen) atoms. The first-order valence-corrected chi connectivity index (χ1v) is 6.24. The van der Waals surface area contributed by atoms with E-state index in [0.717, 1.165) is 17.0 Å². The zero-order valence-corrected chi connectivity index (χ0v) is 11.3. The fourth-order valence-electron chi connectivity index (χ4n) is 1.51. The summed E-state index contributed by atoms with van der Waals surface area (Å²) in [6, 6.07) is 8.69. The van der Waals surface area contributed by atoms with E-state index >= 15 is 0 Å². The molecule has 0 aliphatic heterocycles. The highest BCUT2D eigenvalue weighted by Crippen LogP contribution is 2.29. The monoisotopic (exact) mass is 282 g/mol. The lowest BCUT2D eigenvalue weighted by atomic mass is 10.1. The molecule has 5 heteroatoms. The van der Waals surface area contributed by atoms with Gasteiger partial charge in [-0.05, 0) is 42.3 Å². The average Bonchev–Trinajstić information content (AvgIpc) is 2.36. The maximum Gasteiger partial charge on any atom is 0.244 e. The minimum atomic E-state index is 0.298. The van der Waals surface area contributed by atoms with Gasteiger partial charge >= 0.3 is 0 Å². The van der Waals surface area contributed by atoms with E-state index in [4.69, 9.17) is 33.7 Å². The molecule has 3 nitrogen and oxygen atoms in total. The van der Waals surface area contributed by atoms with E-state index in [1.807, 2.05) is 13.0 Å². The fourth-order valence-corrected chi connectivity index (χ4v) is 1.90. The molecule has 0 bridgehead atoms. The van der Waals surface area contributed by atoms with Crippen molar-refractivity contribution in [2.75, 3.05) is 5.73 Å². The summed E-state index contributed by atoms with van der Waals surface area (Å²) in [5.74, 6) is 0.935. The second-order valence-corrected chi connectivity index (χ2v) is 4.53. The number of aromatic nitrogens is 1. The molecule has 0 aliphatic rings. The van der Waals surface area contributed by atoms with E-state index < -0.39 is 0 Å². The Morgan fingerprint density at radius 1 is 1.22 bits per heavy atom. The second-order valence-electron chi connectivity index (χ2n) is 3.74. The van der Waals surface area contributed by atoms with E-state index in [2.05, 4.69) is 4.98 Å². The molecule has 2 rings (SSSR count). The van der Waals surface area contributed by atoms with Gasteiger partial charge in [0.25, 0.3) is 0 Å². The Balaban J connectivity index is 2.31. The van der Waals surface area contributed by atoms with Crippen molar-refractivity contribution < 1.29 is 4.74 Å². The van der Waals surface area contributed by atoms with Crippen molar-refractivity contribution in [2.24, 2.45) is 0 Å². The molecule has 2 aromatic rings. The van der Waals surface area contributed by atoms with Crippen LogP contribution in [0.15, 0.2) is 30.3 Å². The van der Waals surface area contributed by atoms with Gasteiger partial charge < -0.3 is 10.5 Å². The van der Waals surface area contributed by atoms with Crippen LogP contribution in [0.5, 0.6) is 11.6 Å². The zero-order valence-electron chi connectivity index (χ0n) is 9.78. The number of hydrogen-bond donors (Lipinski definition) is 1. The number of nitrogens with two attached hydrogens (primary N) is 1. The van der Waals surface area contributed by atoms with Crippen LogP contribution in [-0.2, 0) is 6.42 Å². The number of hydrogen-bond acceptors (Lipinski definition) is 3. The number of pyridine rings is 1. The second kappa shape index (κ2) is 5.46. The molecule has 0 atom stereocenters. The third-order valence-corrected chi connectivity index (χ3v) is 3.05. The van der Waals surface area contributed by atoms with Crippen molar-refractivity contribution in [3.63, 3.8) is 0 Å². The number of aryl methyl sites for hydroxylation is 1. The minimum absolute atomic E-state index is 0.298. The predicted octanol–water partition coefficient (Wildman–Crippen LogP) is 4.33. The van der Waals surface area contributed by atoms with Gasteiger partial charge in [0.1, 0.15) is 10.9 Å². The van der Waals surface area contributed by atoms with Crippen molar-refractivity contribution >= 4 is 28.9 Å². The maximum absolute atomic E-state index is 6.04. The highest BCUT2D eigenvalue weighted by atomic mass is 35.5. The highest BCUT2D eigenvalue weighted by molar-refractivity contribution is 6.31. The molecule has 0 radical (unpaired) electrons. The van der Waals surface area contributed by atoms with Gasteiger partial charge in [0.2, 0.25) is 5.88 Å². The first-order chi connectivity index (χ1) is 8.60. The number of nitrogens with zero attached hydrogens (tertiary/aromatic N) is 1. The molecule has 0 amide bonds. The smallest absolute Gasteiger partial charge is 0.244 e. The Morgan fingerprint density at radius 3 is 2.72 bits per heavy atom. The van der Waals surface area contributed by atoms with Gasteiger partial charge in [0.05, 0.1) is 5.69 Å². The van der Waals surface area contributed by atoms with Crippen LogP contribution in [0.1, 0.15) is 12.5 Å². The number of ether oxygens (including phenoxy) is 1. The maximum atomic E-state index is 6.04. The van der Waals surface area contributed by atoms with Gasteiger partial charge in [-0.3, -0.25) is 0 Å². The number of rotatable bonds is 3. The summed E-state index contributed by atoms with van der Waals surface area (Å²) in [7, 11) is 0. The quantitative estimate of drug-likeness (QED) is 0.853. The van der Waals surface area contributed by atoms with Crippen LogP contribution in [0.3, 0.4) is 0 Å². The predicted molar refractivity (Wildman–Crippen MR) is 74.6 cm³/mol. The molecule has 0 aliphatic carbocycles. The summed E-state index contributed by atoms with van der Waals surface area (Å²) in [5, 5.41) is 1.06. The SMILES string of the molecule is CCc1cc(Oc2nc(Cl)ccc2N)ccc1Cl. The number of benzene rings is 1. The van der Waals surface area contributed by atoms with Gasteiger partial charge in [-0.15, -0.1) is 0 Å². The summed E-state index contributed by atoms with van der Waals surface area (Å²) in [6.45, 7) is 2.02. The average molecular weight is 283 g/mol. The molecular formula is C13H12Cl2N2O. The van der Waals surface area contributed by atoms with Gasteiger partial charge in [-0.2, -0.15) is 4.98 Å². The standard InChI is InChI=1S/C13H12Cl2N2O/c1-2-8-7-9(3-4-10(8)14)18-13-11(16)5-6-12(15)17-13/h3-7H,2,16H2,1H3. The van der Waals surface area contributed by atoms with E-state index in [-0.39, 0.29) is 0 Å². The molecule has 1 aromatic heterocycles. The van der Waals surface area contributed by atoms with Crippen molar-refractivity contribution in [2.45, 2.75) is 13.3 Å². The molecule has 0 saturated heterocycles. The first kappa shape index (κ1) is 13.0. The molecule has 0 unspecified atom stereocenters. The summed E-state index contributed by atoms with van der Waals surface area (Å²) < 4.78 is 5.61.